The van der Waals surface area contributed by atoms with Gasteiger partial charge in [0.05, 0.1) is 17.3 Å². The van der Waals surface area contributed by atoms with E-state index in [4.69, 9.17) is 27.9 Å². The van der Waals surface area contributed by atoms with Gasteiger partial charge in [-0.2, -0.15) is 0 Å². The van der Waals surface area contributed by atoms with E-state index in [1.807, 2.05) is 25.1 Å². The molecule has 0 saturated carbocycles. The summed E-state index contributed by atoms with van der Waals surface area (Å²) in [6.45, 7) is 3.44. The third-order valence-electron chi connectivity index (χ3n) is 3.49. The van der Waals surface area contributed by atoms with Crippen molar-refractivity contribution in [1.82, 2.24) is 0 Å². The molecule has 1 N–H and O–H groups in total. The lowest BCUT2D eigenvalue weighted by Gasteiger charge is -2.11. The summed E-state index contributed by atoms with van der Waals surface area (Å²) < 4.78 is 5.51. The first-order chi connectivity index (χ1) is 9.63. The van der Waals surface area contributed by atoms with Crippen LogP contribution in [0.2, 0.25) is 10.0 Å². The zero-order chi connectivity index (χ0) is 14.1. The quantitative estimate of drug-likeness (QED) is 0.875. The molecular formula is C16H15Cl2NO. The molecule has 104 valence electrons. The average Bonchev–Trinajstić information content (AvgIpc) is 2.89. The highest BCUT2D eigenvalue weighted by molar-refractivity contribution is 6.35. The number of rotatable bonds is 3. The molecule has 1 aliphatic rings. The van der Waals surface area contributed by atoms with Crippen molar-refractivity contribution in [2.75, 3.05) is 11.9 Å². The highest BCUT2D eigenvalue weighted by Crippen LogP contribution is 2.30. The maximum absolute atomic E-state index is 6.22. The molecule has 1 aliphatic heterocycles. The second kappa shape index (κ2) is 5.55. The number of anilines is 1. The molecular weight excluding hydrogens is 293 g/mol. The minimum atomic E-state index is 0.691. The van der Waals surface area contributed by atoms with Gasteiger partial charge < -0.3 is 10.1 Å². The lowest BCUT2D eigenvalue weighted by molar-refractivity contribution is 0.357. The van der Waals surface area contributed by atoms with Crippen LogP contribution in [0.1, 0.15) is 16.7 Å². The zero-order valence-corrected chi connectivity index (χ0v) is 12.7. The van der Waals surface area contributed by atoms with Gasteiger partial charge in [0.15, 0.2) is 0 Å². The number of hydrogen-bond donors (Lipinski definition) is 1. The molecule has 0 bridgehead atoms. The van der Waals surface area contributed by atoms with E-state index in [1.165, 1.54) is 11.1 Å². The largest absolute Gasteiger partial charge is 0.493 e. The number of halogens is 2. The molecule has 3 rings (SSSR count). The van der Waals surface area contributed by atoms with Crippen molar-refractivity contribution in [2.24, 2.45) is 0 Å². The summed E-state index contributed by atoms with van der Waals surface area (Å²) in [6.07, 6.45) is 0.986. The number of ether oxygens (including phenoxy) is 1. The van der Waals surface area contributed by atoms with Crippen molar-refractivity contribution in [3.8, 4) is 5.75 Å². The second-order valence-electron chi connectivity index (χ2n) is 4.98. The van der Waals surface area contributed by atoms with Gasteiger partial charge in [-0.25, -0.2) is 0 Å². The van der Waals surface area contributed by atoms with Gasteiger partial charge in [-0.1, -0.05) is 35.3 Å². The van der Waals surface area contributed by atoms with Crippen LogP contribution in [0.25, 0.3) is 0 Å². The third kappa shape index (κ3) is 2.72. The van der Waals surface area contributed by atoms with Crippen LogP contribution in [0.5, 0.6) is 5.75 Å². The molecule has 0 atom stereocenters. The van der Waals surface area contributed by atoms with E-state index in [0.29, 0.717) is 11.6 Å². The summed E-state index contributed by atoms with van der Waals surface area (Å²) >= 11 is 12.3. The van der Waals surface area contributed by atoms with Crippen molar-refractivity contribution in [3.05, 3.63) is 57.1 Å². The number of hydrogen-bond acceptors (Lipinski definition) is 2. The fourth-order valence-electron chi connectivity index (χ4n) is 2.33. The summed E-state index contributed by atoms with van der Waals surface area (Å²) in [6, 6.07) is 10.0. The van der Waals surface area contributed by atoms with Gasteiger partial charge >= 0.3 is 0 Å². The number of nitrogens with one attached hydrogen (secondary N) is 1. The summed E-state index contributed by atoms with van der Waals surface area (Å²) in [5.41, 5.74) is 4.33. The normalized spacial score (nSPS) is 12.9. The lowest BCUT2D eigenvalue weighted by Crippen LogP contribution is -2.00. The van der Waals surface area contributed by atoms with Gasteiger partial charge in [-0.15, -0.1) is 0 Å². The Labute approximate surface area is 128 Å². The molecule has 0 aromatic heterocycles. The molecule has 1 heterocycles. The molecule has 2 nitrogen and oxygen atoms in total. The summed E-state index contributed by atoms with van der Waals surface area (Å²) in [7, 11) is 0. The number of fused-ring (bicyclic) bond motifs is 1. The van der Waals surface area contributed by atoms with Crippen LogP contribution in [0.3, 0.4) is 0 Å². The molecule has 4 heteroatoms. The van der Waals surface area contributed by atoms with Crippen molar-refractivity contribution < 1.29 is 4.74 Å². The van der Waals surface area contributed by atoms with E-state index in [1.54, 1.807) is 0 Å². The Kier molecular flexibility index (Phi) is 3.77. The fourth-order valence-corrected chi connectivity index (χ4v) is 2.78. The average molecular weight is 308 g/mol. The maximum atomic E-state index is 6.22. The van der Waals surface area contributed by atoms with Gasteiger partial charge in [0, 0.05) is 18.0 Å². The molecule has 0 unspecified atom stereocenters. The molecule has 0 amide bonds. The van der Waals surface area contributed by atoms with Crippen molar-refractivity contribution in [1.29, 1.82) is 0 Å². The van der Waals surface area contributed by atoms with Crippen LogP contribution in [0.15, 0.2) is 30.3 Å². The Balaban J connectivity index is 1.75. The molecule has 20 heavy (non-hydrogen) atoms. The fraction of sp³-hybridized carbons (Fsp3) is 0.250. The standard InChI is InChI=1S/C16H15Cl2NO/c1-10-6-14(18)15(8-13(10)17)19-9-11-2-3-16-12(7-11)4-5-20-16/h2-3,6-8,19H,4-5,9H2,1H3. The second-order valence-corrected chi connectivity index (χ2v) is 5.79. The third-order valence-corrected chi connectivity index (χ3v) is 4.21. The minimum absolute atomic E-state index is 0.691. The minimum Gasteiger partial charge on any atom is -0.493 e. The number of benzene rings is 2. The van der Waals surface area contributed by atoms with Crippen LogP contribution in [0, 0.1) is 6.92 Å². The van der Waals surface area contributed by atoms with Crippen LogP contribution in [0.4, 0.5) is 5.69 Å². The predicted molar refractivity (Wildman–Crippen MR) is 84.2 cm³/mol. The van der Waals surface area contributed by atoms with Gasteiger partial charge in [0.25, 0.3) is 0 Å². The molecule has 0 aliphatic carbocycles. The van der Waals surface area contributed by atoms with Crippen LogP contribution >= 0.6 is 23.2 Å². The lowest BCUT2D eigenvalue weighted by atomic mass is 10.1. The van der Waals surface area contributed by atoms with Gasteiger partial charge in [0.1, 0.15) is 5.75 Å². The first kappa shape index (κ1) is 13.6. The Morgan fingerprint density at radius 3 is 2.85 bits per heavy atom. The predicted octanol–water partition coefficient (Wildman–Crippen LogP) is 4.85. The Bertz CT molecular complexity index is 655. The summed E-state index contributed by atoms with van der Waals surface area (Å²) in [5, 5.41) is 4.74. The summed E-state index contributed by atoms with van der Waals surface area (Å²) in [4.78, 5) is 0. The van der Waals surface area contributed by atoms with E-state index in [0.717, 1.165) is 35.1 Å². The van der Waals surface area contributed by atoms with Crippen LogP contribution in [-0.4, -0.2) is 6.61 Å². The van der Waals surface area contributed by atoms with E-state index in [2.05, 4.69) is 17.4 Å². The van der Waals surface area contributed by atoms with Crippen molar-refractivity contribution in [2.45, 2.75) is 19.9 Å². The zero-order valence-electron chi connectivity index (χ0n) is 11.2. The first-order valence-electron chi connectivity index (χ1n) is 6.57. The SMILES string of the molecule is Cc1cc(Cl)c(NCc2ccc3c(c2)CCO3)cc1Cl. The monoisotopic (exact) mass is 307 g/mol. The molecule has 0 fully saturated rings. The topological polar surface area (TPSA) is 21.3 Å². The van der Waals surface area contributed by atoms with E-state index in [-0.39, 0.29) is 0 Å². The van der Waals surface area contributed by atoms with E-state index < -0.39 is 0 Å². The highest BCUT2D eigenvalue weighted by atomic mass is 35.5. The van der Waals surface area contributed by atoms with Gasteiger partial charge in [-0.05, 0) is 41.8 Å². The van der Waals surface area contributed by atoms with Crippen LogP contribution in [-0.2, 0) is 13.0 Å². The first-order valence-corrected chi connectivity index (χ1v) is 7.33. The highest BCUT2D eigenvalue weighted by Gasteiger charge is 2.12. The Hall–Kier alpha value is -1.38. The van der Waals surface area contributed by atoms with Gasteiger partial charge in [0.2, 0.25) is 0 Å². The van der Waals surface area contributed by atoms with Crippen molar-refractivity contribution >= 4 is 28.9 Å². The molecule has 0 spiro atoms. The molecule has 0 radical (unpaired) electrons. The van der Waals surface area contributed by atoms with E-state index in [9.17, 15) is 0 Å². The van der Waals surface area contributed by atoms with Gasteiger partial charge in [-0.3, -0.25) is 0 Å². The number of aryl methyl sites for hydroxylation is 1. The molecule has 2 aromatic carbocycles. The summed E-state index contributed by atoms with van der Waals surface area (Å²) in [5.74, 6) is 1.00. The van der Waals surface area contributed by atoms with Crippen molar-refractivity contribution in [3.63, 3.8) is 0 Å². The Morgan fingerprint density at radius 1 is 1.15 bits per heavy atom. The Morgan fingerprint density at radius 2 is 2.00 bits per heavy atom. The molecule has 2 aromatic rings. The molecule has 0 saturated heterocycles. The van der Waals surface area contributed by atoms with E-state index >= 15 is 0 Å². The van der Waals surface area contributed by atoms with Crippen LogP contribution < -0.4 is 10.1 Å². The smallest absolute Gasteiger partial charge is 0.122 e. The maximum Gasteiger partial charge on any atom is 0.122 e.